The summed E-state index contributed by atoms with van der Waals surface area (Å²) in [6.07, 6.45) is 5.71. The van der Waals surface area contributed by atoms with Gasteiger partial charge in [0.2, 0.25) is 0 Å². The molecule has 0 bridgehead atoms. The highest BCUT2D eigenvalue weighted by atomic mass is 14.9. The average molecular weight is 349 g/mol. The third kappa shape index (κ3) is 4.63. The van der Waals surface area contributed by atoms with Gasteiger partial charge in [-0.25, -0.2) is 0 Å². The molecular formula is C24H32N2. The summed E-state index contributed by atoms with van der Waals surface area (Å²) >= 11 is 0. The first kappa shape index (κ1) is 20.0. The number of aryl methyl sites for hydroxylation is 1. The van der Waals surface area contributed by atoms with E-state index in [4.69, 9.17) is 0 Å². The molecule has 1 N–H and O–H groups in total. The normalized spacial score (nSPS) is 17.0. The zero-order valence-corrected chi connectivity index (χ0v) is 16.6. The van der Waals surface area contributed by atoms with Gasteiger partial charge in [0.1, 0.15) is 0 Å². The van der Waals surface area contributed by atoms with E-state index in [1.165, 1.54) is 22.3 Å². The summed E-state index contributed by atoms with van der Waals surface area (Å²) in [5, 5.41) is 3.58. The summed E-state index contributed by atoms with van der Waals surface area (Å²) in [5.41, 5.74) is 8.20. The zero-order chi connectivity index (χ0) is 19.3. The van der Waals surface area contributed by atoms with Gasteiger partial charge in [-0.1, -0.05) is 51.4 Å². The van der Waals surface area contributed by atoms with Crippen molar-refractivity contribution in [3.63, 3.8) is 0 Å². The Morgan fingerprint density at radius 1 is 1.31 bits per heavy atom. The first-order valence-electron chi connectivity index (χ1n) is 9.47. The van der Waals surface area contributed by atoms with Crippen molar-refractivity contribution < 1.29 is 0 Å². The minimum atomic E-state index is 0.113. The van der Waals surface area contributed by atoms with Crippen LogP contribution in [0.5, 0.6) is 0 Å². The number of hydrogen-bond acceptors (Lipinski definition) is 2. The predicted octanol–water partition coefficient (Wildman–Crippen LogP) is 6.18. The van der Waals surface area contributed by atoms with Crippen molar-refractivity contribution in [2.45, 2.75) is 58.5 Å². The summed E-state index contributed by atoms with van der Waals surface area (Å²) in [6, 6.07) is 7.14. The summed E-state index contributed by atoms with van der Waals surface area (Å²) in [7, 11) is 0. The molecule has 2 atom stereocenters. The van der Waals surface area contributed by atoms with Crippen LogP contribution in [-0.4, -0.2) is 12.3 Å². The molecule has 0 heterocycles. The van der Waals surface area contributed by atoms with Crippen LogP contribution in [-0.2, 0) is 6.42 Å². The quantitative estimate of drug-likeness (QED) is 0.321. The van der Waals surface area contributed by atoms with Crippen LogP contribution in [0.2, 0.25) is 0 Å². The maximum Gasteiger partial charge on any atom is 0.0677 e. The lowest BCUT2D eigenvalue weighted by molar-refractivity contribution is 0.596. The van der Waals surface area contributed by atoms with Crippen LogP contribution < -0.4 is 5.32 Å². The van der Waals surface area contributed by atoms with Gasteiger partial charge in [-0.15, -0.1) is 0 Å². The molecule has 26 heavy (non-hydrogen) atoms. The minimum Gasteiger partial charge on any atom is -0.378 e. The number of rotatable bonds is 9. The molecule has 0 fully saturated rings. The largest absolute Gasteiger partial charge is 0.378 e. The van der Waals surface area contributed by atoms with Crippen LogP contribution >= 0.6 is 0 Å². The molecule has 2 rings (SSSR count). The number of allylic oxidation sites excluding steroid dienone is 2. The maximum atomic E-state index is 4.38. The molecule has 1 aromatic carbocycles. The number of aliphatic imine (C=N–C) groups is 1. The monoisotopic (exact) mass is 348 g/mol. The second kappa shape index (κ2) is 8.84. The Bertz CT molecular complexity index is 751. The number of nitrogens with zero attached hydrogens (tertiary/aromatic N) is 1. The Hall–Kier alpha value is -2.35. The second-order valence-corrected chi connectivity index (χ2v) is 7.11. The van der Waals surface area contributed by atoms with Crippen molar-refractivity contribution in [3.05, 3.63) is 78.0 Å². The number of fused-ring (bicyclic) bond motifs is 1. The predicted molar refractivity (Wildman–Crippen MR) is 116 cm³/mol. The van der Waals surface area contributed by atoms with Crippen LogP contribution in [0.4, 0.5) is 0 Å². The molecule has 2 nitrogen and oxygen atoms in total. The third-order valence-electron chi connectivity index (χ3n) is 5.23. The van der Waals surface area contributed by atoms with Crippen LogP contribution in [0.3, 0.4) is 0 Å². The molecule has 1 aromatic rings. The Balaban J connectivity index is 2.00. The summed E-state index contributed by atoms with van der Waals surface area (Å²) in [4.78, 5) is 4.38. The van der Waals surface area contributed by atoms with Crippen molar-refractivity contribution in [2.24, 2.45) is 4.99 Å². The second-order valence-electron chi connectivity index (χ2n) is 7.11. The lowest BCUT2D eigenvalue weighted by Crippen LogP contribution is -2.19. The van der Waals surface area contributed by atoms with E-state index in [1.807, 2.05) is 13.1 Å². The molecule has 0 radical (unpaired) electrons. The molecule has 0 amide bonds. The summed E-state index contributed by atoms with van der Waals surface area (Å²) in [6.45, 7) is 22.8. The highest BCUT2D eigenvalue weighted by Crippen LogP contribution is 2.34. The average Bonchev–Trinajstić information content (AvgIpc) is 3.03. The van der Waals surface area contributed by atoms with E-state index in [-0.39, 0.29) is 6.04 Å². The van der Waals surface area contributed by atoms with Gasteiger partial charge in [0, 0.05) is 5.70 Å². The molecule has 0 spiro atoms. The van der Waals surface area contributed by atoms with Crippen LogP contribution in [0, 0.1) is 0 Å². The SMILES string of the molecule is C=C(CC(=C)C(C)N=CC)C(=C)N[C@H]1CCc2cc(C(=C)CC)ccc21. The Morgan fingerprint density at radius 3 is 2.69 bits per heavy atom. The zero-order valence-electron chi connectivity index (χ0n) is 16.6. The van der Waals surface area contributed by atoms with Crippen molar-refractivity contribution in [1.29, 1.82) is 0 Å². The molecule has 0 saturated carbocycles. The van der Waals surface area contributed by atoms with Crippen molar-refractivity contribution in [3.8, 4) is 0 Å². The summed E-state index contributed by atoms with van der Waals surface area (Å²) in [5.74, 6) is 0. The standard InChI is InChI=1S/C24H32N2/c1-8-16(3)21-10-12-23-22(15-21)11-13-24(23)26-20(7)18(5)14-17(4)19(6)25-9-2/h9-10,12,15,19,24,26H,3-5,7-8,11,13-14H2,1-2,6H3/t19?,24-/m0/s1. The molecular weight excluding hydrogens is 316 g/mol. The lowest BCUT2D eigenvalue weighted by Gasteiger charge is -2.20. The number of benzene rings is 1. The summed E-state index contributed by atoms with van der Waals surface area (Å²) < 4.78 is 0. The Labute approximate surface area is 159 Å². The van der Waals surface area contributed by atoms with Gasteiger partial charge in [-0.3, -0.25) is 4.99 Å². The van der Waals surface area contributed by atoms with Gasteiger partial charge in [0.15, 0.2) is 0 Å². The minimum absolute atomic E-state index is 0.113. The van der Waals surface area contributed by atoms with Crippen LogP contribution in [0.15, 0.2) is 66.4 Å². The molecule has 1 aliphatic carbocycles. The van der Waals surface area contributed by atoms with Gasteiger partial charge in [0.25, 0.3) is 0 Å². The fourth-order valence-electron chi connectivity index (χ4n) is 3.36. The van der Waals surface area contributed by atoms with Crippen molar-refractivity contribution >= 4 is 11.8 Å². The highest BCUT2D eigenvalue weighted by molar-refractivity contribution is 5.64. The van der Waals surface area contributed by atoms with E-state index in [0.29, 0.717) is 6.04 Å². The topological polar surface area (TPSA) is 24.4 Å². The van der Waals surface area contributed by atoms with E-state index in [0.717, 1.165) is 42.5 Å². The Kier molecular flexibility index (Phi) is 6.79. The van der Waals surface area contributed by atoms with E-state index >= 15 is 0 Å². The highest BCUT2D eigenvalue weighted by Gasteiger charge is 2.23. The molecule has 0 saturated heterocycles. The molecule has 1 unspecified atom stereocenters. The lowest BCUT2D eigenvalue weighted by atomic mass is 9.98. The third-order valence-corrected chi connectivity index (χ3v) is 5.23. The van der Waals surface area contributed by atoms with Gasteiger partial charge < -0.3 is 5.32 Å². The fourth-order valence-corrected chi connectivity index (χ4v) is 3.36. The van der Waals surface area contributed by atoms with Crippen molar-refractivity contribution in [2.75, 3.05) is 0 Å². The molecule has 138 valence electrons. The van der Waals surface area contributed by atoms with Gasteiger partial charge in [-0.2, -0.15) is 0 Å². The van der Waals surface area contributed by atoms with Gasteiger partial charge in [-0.05, 0) is 79.2 Å². The number of nitrogens with one attached hydrogen (secondary N) is 1. The number of hydrogen-bond donors (Lipinski definition) is 1. The van der Waals surface area contributed by atoms with Gasteiger partial charge in [0.05, 0.1) is 12.1 Å². The van der Waals surface area contributed by atoms with E-state index < -0.39 is 0 Å². The first-order chi connectivity index (χ1) is 12.4. The van der Waals surface area contributed by atoms with E-state index in [9.17, 15) is 0 Å². The molecule has 1 aliphatic rings. The van der Waals surface area contributed by atoms with Gasteiger partial charge >= 0.3 is 0 Å². The first-order valence-corrected chi connectivity index (χ1v) is 9.47. The molecule has 2 heteroatoms. The molecule has 0 aliphatic heterocycles. The Morgan fingerprint density at radius 2 is 2.04 bits per heavy atom. The van der Waals surface area contributed by atoms with Crippen molar-refractivity contribution in [1.82, 2.24) is 5.32 Å². The van der Waals surface area contributed by atoms with Crippen LogP contribution in [0.25, 0.3) is 5.57 Å². The molecule has 0 aromatic heterocycles. The smallest absolute Gasteiger partial charge is 0.0677 e. The maximum absolute atomic E-state index is 4.38. The van der Waals surface area contributed by atoms with Crippen LogP contribution in [0.1, 0.15) is 62.8 Å². The van der Waals surface area contributed by atoms with E-state index in [2.05, 4.69) is 68.7 Å². The van der Waals surface area contributed by atoms with E-state index in [1.54, 1.807) is 0 Å². The fraction of sp³-hybridized carbons (Fsp3) is 0.375.